The zero-order valence-electron chi connectivity index (χ0n) is 41.1. The van der Waals surface area contributed by atoms with Crippen molar-refractivity contribution in [2.24, 2.45) is 11.8 Å². The van der Waals surface area contributed by atoms with E-state index < -0.39 is 6.10 Å². The van der Waals surface area contributed by atoms with E-state index in [9.17, 15) is 14.4 Å². The van der Waals surface area contributed by atoms with Gasteiger partial charge in [0.15, 0.2) is 6.10 Å². The molecule has 0 aromatic rings. The largest absolute Gasteiger partial charge is 0.462 e. The number of carbonyl (C=O) groups is 3. The molecule has 0 saturated carbocycles. The topological polar surface area (TPSA) is 78.9 Å². The lowest BCUT2D eigenvalue weighted by atomic mass is 10.0. The maximum Gasteiger partial charge on any atom is 0.306 e. The van der Waals surface area contributed by atoms with E-state index in [1.54, 1.807) is 0 Å². The van der Waals surface area contributed by atoms with Crippen molar-refractivity contribution in [2.75, 3.05) is 13.2 Å². The van der Waals surface area contributed by atoms with Crippen LogP contribution in [0.2, 0.25) is 0 Å². The Morgan fingerprint density at radius 1 is 0.317 bits per heavy atom. The molecule has 0 unspecified atom stereocenters. The Balaban J connectivity index is 4.26. The normalized spacial score (nSPS) is 12.1. The summed E-state index contributed by atoms with van der Waals surface area (Å²) in [6.45, 7) is 11.3. The highest BCUT2D eigenvalue weighted by Crippen LogP contribution is 2.17. The van der Waals surface area contributed by atoms with Gasteiger partial charge in [-0.3, -0.25) is 14.4 Å². The van der Waals surface area contributed by atoms with Crippen LogP contribution in [0.4, 0.5) is 0 Å². The predicted molar refractivity (Wildman–Crippen MR) is 256 cm³/mol. The summed E-state index contributed by atoms with van der Waals surface area (Å²) in [7, 11) is 0. The molecule has 0 spiro atoms. The van der Waals surface area contributed by atoms with Crippen molar-refractivity contribution in [1.82, 2.24) is 0 Å². The first-order chi connectivity index (χ1) is 29.2. The van der Waals surface area contributed by atoms with Crippen LogP contribution in [0.1, 0.15) is 298 Å². The van der Waals surface area contributed by atoms with Crippen molar-refractivity contribution >= 4 is 17.9 Å². The molecule has 0 aliphatic heterocycles. The standard InChI is InChI=1S/C54H104O6/c1-6-7-8-9-10-11-12-13-14-15-16-17-18-19-20-23-31-36-41-46-54(57)60-51(48-59-53(56)45-40-35-30-26-25-28-33-38-43-50(4)5)47-58-52(55)44-39-34-29-24-21-22-27-32-37-42-49(2)3/h49-51H,6-48H2,1-5H3/t51-/m0/s1. The van der Waals surface area contributed by atoms with Crippen LogP contribution in [0.25, 0.3) is 0 Å². The second-order valence-corrected chi connectivity index (χ2v) is 19.5. The molecule has 0 bridgehead atoms. The van der Waals surface area contributed by atoms with Crippen LogP contribution in [0.3, 0.4) is 0 Å². The summed E-state index contributed by atoms with van der Waals surface area (Å²) in [5.74, 6) is 0.755. The molecule has 0 radical (unpaired) electrons. The Kier molecular flexibility index (Phi) is 45.7. The van der Waals surface area contributed by atoms with Crippen LogP contribution >= 0.6 is 0 Å². The Labute approximate surface area is 374 Å². The number of carbonyl (C=O) groups excluding carboxylic acids is 3. The van der Waals surface area contributed by atoms with Crippen molar-refractivity contribution in [3.05, 3.63) is 0 Å². The van der Waals surface area contributed by atoms with Crippen LogP contribution in [0.15, 0.2) is 0 Å². The smallest absolute Gasteiger partial charge is 0.306 e. The Morgan fingerprint density at radius 3 is 0.817 bits per heavy atom. The molecule has 0 heterocycles. The molecule has 0 fully saturated rings. The third-order valence-corrected chi connectivity index (χ3v) is 12.2. The average molecular weight is 849 g/mol. The van der Waals surface area contributed by atoms with Gasteiger partial charge in [-0.05, 0) is 31.1 Å². The van der Waals surface area contributed by atoms with Gasteiger partial charge in [0.2, 0.25) is 0 Å². The molecule has 0 aromatic heterocycles. The fourth-order valence-corrected chi connectivity index (χ4v) is 8.17. The molecule has 0 amide bonds. The van der Waals surface area contributed by atoms with Crippen LogP contribution in [0.5, 0.6) is 0 Å². The minimum Gasteiger partial charge on any atom is -0.462 e. The van der Waals surface area contributed by atoms with Gasteiger partial charge in [-0.2, -0.15) is 0 Å². The number of esters is 3. The molecular weight excluding hydrogens is 745 g/mol. The molecule has 356 valence electrons. The van der Waals surface area contributed by atoms with Gasteiger partial charge in [0.1, 0.15) is 13.2 Å². The lowest BCUT2D eigenvalue weighted by Gasteiger charge is -2.18. The fourth-order valence-electron chi connectivity index (χ4n) is 8.17. The van der Waals surface area contributed by atoms with E-state index in [1.807, 2.05) is 0 Å². The van der Waals surface area contributed by atoms with E-state index in [1.165, 1.54) is 186 Å². The Hall–Kier alpha value is -1.59. The highest BCUT2D eigenvalue weighted by molar-refractivity contribution is 5.71. The number of hydrogen-bond acceptors (Lipinski definition) is 6. The SMILES string of the molecule is CCCCCCCCCCCCCCCCCCCCCC(=O)O[C@@H](COC(=O)CCCCCCCCCCCC(C)C)COC(=O)CCCCCCCCCCC(C)C. The van der Waals surface area contributed by atoms with Gasteiger partial charge in [0.05, 0.1) is 0 Å². The molecule has 1 atom stereocenters. The molecule has 0 N–H and O–H groups in total. The first kappa shape index (κ1) is 58.4. The molecule has 0 rings (SSSR count). The lowest BCUT2D eigenvalue weighted by Crippen LogP contribution is -2.30. The summed E-state index contributed by atoms with van der Waals surface area (Å²) in [4.78, 5) is 37.9. The number of rotatable bonds is 48. The maximum atomic E-state index is 12.8. The monoisotopic (exact) mass is 849 g/mol. The summed E-state index contributed by atoms with van der Waals surface area (Å²) in [5.41, 5.74) is 0. The summed E-state index contributed by atoms with van der Waals surface area (Å²) < 4.78 is 16.8. The van der Waals surface area contributed by atoms with E-state index in [4.69, 9.17) is 14.2 Å². The second kappa shape index (κ2) is 46.9. The summed E-state index contributed by atoms with van der Waals surface area (Å²) in [6, 6.07) is 0. The predicted octanol–water partition coefficient (Wildman–Crippen LogP) is 17.3. The van der Waals surface area contributed by atoms with Gasteiger partial charge in [-0.25, -0.2) is 0 Å². The minimum absolute atomic E-state index is 0.0645. The number of ether oxygens (including phenoxy) is 3. The van der Waals surface area contributed by atoms with Gasteiger partial charge >= 0.3 is 17.9 Å². The van der Waals surface area contributed by atoms with Crippen molar-refractivity contribution < 1.29 is 28.6 Å². The van der Waals surface area contributed by atoms with Gasteiger partial charge in [-0.1, -0.05) is 259 Å². The lowest BCUT2D eigenvalue weighted by molar-refractivity contribution is -0.167. The van der Waals surface area contributed by atoms with Crippen molar-refractivity contribution in [2.45, 2.75) is 304 Å². The summed E-state index contributed by atoms with van der Waals surface area (Å²) in [5, 5.41) is 0. The highest BCUT2D eigenvalue weighted by atomic mass is 16.6. The van der Waals surface area contributed by atoms with E-state index in [0.29, 0.717) is 19.3 Å². The number of unbranched alkanes of at least 4 members (excludes halogenated alkanes) is 33. The van der Waals surface area contributed by atoms with Crippen LogP contribution in [-0.4, -0.2) is 37.2 Å². The van der Waals surface area contributed by atoms with E-state index in [0.717, 1.165) is 69.6 Å². The van der Waals surface area contributed by atoms with Gasteiger partial charge in [0.25, 0.3) is 0 Å². The zero-order valence-corrected chi connectivity index (χ0v) is 41.1. The first-order valence-corrected chi connectivity index (χ1v) is 26.7. The van der Waals surface area contributed by atoms with Gasteiger partial charge in [0, 0.05) is 19.3 Å². The zero-order chi connectivity index (χ0) is 44.0. The van der Waals surface area contributed by atoms with Crippen LogP contribution in [0, 0.1) is 11.8 Å². The van der Waals surface area contributed by atoms with Crippen molar-refractivity contribution in [3.63, 3.8) is 0 Å². The van der Waals surface area contributed by atoms with Crippen molar-refractivity contribution in [3.8, 4) is 0 Å². The quantitative estimate of drug-likeness (QED) is 0.0345. The van der Waals surface area contributed by atoms with E-state index in [-0.39, 0.29) is 31.1 Å². The molecular formula is C54H104O6. The van der Waals surface area contributed by atoms with Crippen LogP contribution in [-0.2, 0) is 28.6 Å². The van der Waals surface area contributed by atoms with E-state index in [2.05, 4.69) is 34.6 Å². The molecule has 0 aromatic carbocycles. The van der Waals surface area contributed by atoms with Crippen LogP contribution < -0.4 is 0 Å². The molecule has 6 heteroatoms. The van der Waals surface area contributed by atoms with Gasteiger partial charge in [-0.15, -0.1) is 0 Å². The molecule has 6 nitrogen and oxygen atoms in total. The molecule has 0 aliphatic rings. The fraction of sp³-hybridized carbons (Fsp3) is 0.944. The molecule has 60 heavy (non-hydrogen) atoms. The summed E-state index contributed by atoms with van der Waals surface area (Å²) in [6.07, 6.45) is 48.2. The van der Waals surface area contributed by atoms with Crippen molar-refractivity contribution in [1.29, 1.82) is 0 Å². The van der Waals surface area contributed by atoms with Gasteiger partial charge < -0.3 is 14.2 Å². The van der Waals surface area contributed by atoms with E-state index >= 15 is 0 Å². The highest BCUT2D eigenvalue weighted by Gasteiger charge is 2.19. The molecule has 0 saturated heterocycles. The summed E-state index contributed by atoms with van der Waals surface area (Å²) >= 11 is 0. The Morgan fingerprint density at radius 2 is 0.550 bits per heavy atom. The average Bonchev–Trinajstić information content (AvgIpc) is 3.22. The first-order valence-electron chi connectivity index (χ1n) is 26.7. The molecule has 0 aliphatic carbocycles. The minimum atomic E-state index is -0.762. The second-order valence-electron chi connectivity index (χ2n) is 19.5. The Bertz CT molecular complexity index is 916. The third kappa shape index (κ3) is 47.5. The maximum absolute atomic E-state index is 12.8. The number of hydrogen-bond donors (Lipinski definition) is 0. The third-order valence-electron chi connectivity index (χ3n) is 12.2.